The van der Waals surface area contributed by atoms with Crippen LogP contribution in [0.5, 0.6) is 0 Å². The molecule has 2 heterocycles. The van der Waals surface area contributed by atoms with Gasteiger partial charge in [0.15, 0.2) is 0 Å². The minimum Gasteiger partial charge on any atom is -0.394 e. The van der Waals surface area contributed by atoms with Crippen molar-refractivity contribution >= 4 is 22.4 Å². The Labute approximate surface area is 166 Å². The van der Waals surface area contributed by atoms with E-state index in [-0.39, 0.29) is 6.04 Å². The van der Waals surface area contributed by atoms with Gasteiger partial charge in [-0.3, -0.25) is 9.69 Å². The number of amides is 1. The van der Waals surface area contributed by atoms with E-state index in [4.69, 9.17) is 0 Å². The zero-order valence-corrected chi connectivity index (χ0v) is 16.3. The number of rotatable bonds is 5. The summed E-state index contributed by atoms with van der Waals surface area (Å²) in [6.45, 7) is -0.381. The Morgan fingerprint density at radius 2 is 2.21 bits per heavy atom. The van der Waals surface area contributed by atoms with Gasteiger partial charge in [0.2, 0.25) is 5.91 Å². The molecule has 1 aliphatic heterocycles. The molecule has 3 unspecified atom stereocenters. The van der Waals surface area contributed by atoms with Crippen molar-refractivity contribution in [3.8, 4) is 0 Å². The number of nitrogens with zero attached hydrogens (tertiary/aromatic N) is 1. The first-order valence-electron chi connectivity index (χ1n) is 9.64. The van der Waals surface area contributed by atoms with Crippen LogP contribution in [0.15, 0.2) is 24.3 Å². The van der Waals surface area contributed by atoms with E-state index in [9.17, 15) is 23.1 Å². The van der Waals surface area contributed by atoms with Gasteiger partial charge in [-0.05, 0) is 36.2 Å². The molecule has 0 saturated carbocycles. The Bertz CT molecular complexity index is 979. The smallest absolute Gasteiger partial charge is 0.267 e. The normalized spacial score (nSPS) is 22.9. The Kier molecular flexibility index (Phi) is 4.94. The van der Waals surface area contributed by atoms with Gasteiger partial charge in [0.1, 0.15) is 12.7 Å². The van der Waals surface area contributed by atoms with Gasteiger partial charge in [0.25, 0.3) is 5.92 Å². The van der Waals surface area contributed by atoms with E-state index in [1.54, 1.807) is 0 Å². The number of halogens is 3. The Balaban J connectivity index is 1.72. The van der Waals surface area contributed by atoms with E-state index in [0.29, 0.717) is 25.6 Å². The molecule has 3 N–H and O–H groups in total. The Hall–Kier alpha value is -2.32. The average molecular weight is 407 g/mol. The first-order chi connectivity index (χ1) is 13.7. The van der Waals surface area contributed by atoms with Crippen LogP contribution in [0.2, 0.25) is 0 Å². The molecule has 5 nitrogen and oxygen atoms in total. The standard InChI is InChI=1S/C21H24F3N3O2/c1-21(23,24)18(10-28)26-20(29)11-6-13-12-4-3-5-15-19(12)14(16(8-22)25-15)7-17(13)27(2)9-11/h3-6,11,17-18,25,28H,7-10H2,1-2H3,(H,26,29). The van der Waals surface area contributed by atoms with Crippen molar-refractivity contribution in [1.29, 1.82) is 0 Å². The highest BCUT2D eigenvalue weighted by atomic mass is 19.3. The summed E-state index contributed by atoms with van der Waals surface area (Å²) in [5.74, 6) is -4.39. The quantitative estimate of drug-likeness (QED) is 0.714. The molecule has 1 aromatic heterocycles. The number of nitrogens with one attached hydrogen (secondary N) is 2. The number of carbonyl (C=O) groups excluding carboxylic acids is 1. The summed E-state index contributed by atoms with van der Waals surface area (Å²) in [6, 6.07) is 4.08. The highest BCUT2D eigenvalue weighted by molar-refractivity contribution is 6.00. The first kappa shape index (κ1) is 20.0. The van der Waals surface area contributed by atoms with E-state index in [1.807, 2.05) is 36.2 Å². The minimum absolute atomic E-state index is 0.0143. The molecule has 0 spiro atoms. The lowest BCUT2D eigenvalue weighted by Crippen LogP contribution is -2.53. The molecule has 0 fully saturated rings. The number of hydrogen-bond donors (Lipinski definition) is 3. The zero-order valence-electron chi connectivity index (χ0n) is 16.3. The van der Waals surface area contributed by atoms with Crippen molar-refractivity contribution in [1.82, 2.24) is 15.2 Å². The van der Waals surface area contributed by atoms with Crippen LogP contribution in [0, 0.1) is 5.92 Å². The fourth-order valence-electron chi connectivity index (χ4n) is 4.50. The van der Waals surface area contributed by atoms with Gasteiger partial charge in [0.05, 0.1) is 18.2 Å². The van der Waals surface area contributed by atoms with Crippen LogP contribution in [0.25, 0.3) is 16.5 Å². The molecule has 2 aliphatic rings. The summed E-state index contributed by atoms with van der Waals surface area (Å²) in [5.41, 5.74) is 4.28. The van der Waals surface area contributed by atoms with Gasteiger partial charge in [-0.15, -0.1) is 0 Å². The molecule has 156 valence electrons. The van der Waals surface area contributed by atoms with E-state index in [0.717, 1.165) is 27.6 Å². The molecule has 0 radical (unpaired) electrons. The number of aromatic nitrogens is 1. The van der Waals surface area contributed by atoms with Crippen LogP contribution in [0.1, 0.15) is 23.7 Å². The number of alkyl halides is 3. The number of fused-ring (bicyclic) bond motifs is 2. The van der Waals surface area contributed by atoms with Gasteiger partial charge < -0.3 is 15.4 Å². The summed E-state index contributed by atoms with van der Waals surface area (Å²) >= 11 is 0. The molecule has 1 aromatic carbocycles. The molecule has 29 heavy (non-hydrogen) atoms. The highest BCUT2D eigenvalue weighted by Crippen LogP contribution is 2.42. The van der Waals surface area contributed by atoms with Crippen LogP contribution >= 0.6 is 0 Å². The number of hydrogen-bond acceptors (Lipinski definition) is 3. The second kappa shape index (κ2) is 7.18. The lowest BCUT2D eigenvalue weighted by atomic mass is 9.79. The monoisotopic (exact) mass is 407 g/mol. The summed E-state index contributed by atoms with van der Waals surface area (Å²) in [7, 11) is 1.88. The number of aromatic amines is 1. The van der Waals surface area contributed by atoms with Gasteiger partial charge >= 0.3 is 0 Å². The fraction of sp³-hybridized carbons (Fsp3) is 0.476. The number of aliphatic hydroxyl groups is 1. The molecule has 4 rings (SSSR count). The number of carbonyl (C=O) groups is 1. The molecule has 0 bridgehead atoms. The van der Waals surface area contributed by atoms with Gasteiger partial charge in [0, 0.05) is 30.4 Å². The third-order valence-corrected chi connectivity index (χ3v) is 6.06. The van der Waals surface area contributed by atoms with Crippen LogP contribution in [0.3, 0.4) is 0 Å². The van der Waals surface area contributed by atoms with Crippen molar-refractivity contribution in [2.45, 2.75) is 38.0 Å². The van der Waals surface area contributed by atoms with Crippen molar-refractivity contribution in [2.24, 2.45) is 5.92 Å². The number of benzene rings is 1. The van der Waals surface area contributed by atoms with Gasteiger partial charge in [-0.25, -0.2) is 13.2 Å². The summed E-state index contributed by atoms with van der Waals surface area (Å²) in [4.78, 5) is 17.8. The van der Waals surface area contributed by atoms with Crippen LogP contribution in [0.4, 0.5) is 13.2 Å². The SMILES string of the molecule is CN1CC(C(=O)NC(CO)C(C)(F)F)C=C2c3cccc4[nH]c(CF)c(c34)CC21. The predicted octanol–water partition coefficient (Wildman–Crippen LogP) is 2.64. The van der Waals surface area contributed by atoms with Gasteiger partial charge in [-0.2, -0.15) is 0 Å². The second-order valence-electron chi connectivity index (χ2n) is 8.03. The average Bonchev–Trinajstić information content (AvgIpc) is 3.04. The number of likely N-dealkylation sites (N-methyl/N-ethyl adjacent to an activating group) is 1. The van der Waals surface area contributed by atoms with Gasteiger partial charge in [-0.1, -0.05) is 18.2 Å². The maximum atomic E-state index is 13.6. The Morgan fingerprint density at radius 1 is 1.45 bits per heavy atom. The van der Waals surface area contributed by atoms with E-state index < -0.39 is 37.1 Å². The number of aliphatic hydroxyl groups excluding tert-OH is 1. The van der Waals surface area contributed by atoms with E-state index >= 15 is 0 Å². The second-order valence-corrected chi connectivity index (χ2v) is 8.03. The molecular formula is C21H24F3N3O2. The van der Waals surface area contributed by atoms with Crippen LogP contribution < -0.4 is 5.32 Å². The third kappa shape index (κ3) is 3.34. The van der Waals surface area contributed by atoms with Crippen molar-refractivity contribution in [2.75, 3.05) is 20.2 Å². The summed E-state index contributed by atoms with van der Waals surface area (Å²) < 4.78 is 40.7. The topological polar surface area (TPSA) is 68.4 Å². The minimum atomic E-state index is -3.22. The van der Waals surface area contributed by atoms with Crippen LogP contribution in [-0.2, 0) is 17.9 Å². The Morgan fingerprint density at radius 3 is 2.86 bits per heavy atom. The van der Waals surface area contributed by atoms with Crippen molar-refractivity contribution in [3.05, 3.63) is 41.1 Å². The van der Waals surface area contributed by atoms with E-state index in [1.165, 1.54) is 0 Å². The molecular weight excluding hydrogens is 383 g/mol. The maximum Gasteiger partial charge on any atom is 0.267 e. The lowest BCUT2D eigenvalue weighted by molar-refractivity contribution is -0.129. The fourth-order valence-corrected chi connectivity index (χ4v) is 4.50. The lowest BCUT2D eigenvalue weighted by Gasteiger charge is -2.40. The van der Waals surface area contributed by atoms with Crippen LogP contribution in [-0.4, -0.2) is 59.1 Å². The summed E-state index contributed by atoms with van der Waals surface area (Å²) in [6.07, 6.45) is 2.46. The zero-order chi connectivity index (χ0) is 20.9. The van der Waals surface area contributed by atoms with Crippen molar-refractivity contribution in [3.63, 3.8) is 0 Å². The highest BCUT2D eigenvalue weighted by Gasteiger charge is 2.39. The maximum absolute atomic E-state index is 13.6. The first-order valence-corrected chi connectivity index (χ1v) is 9.64. The molecule has 3 atom stereocenters. The predicted molar refractivity (Wildman–Crippen MR) is 104 cm³/mol. The molecule has 1 amide bonds. The molecule has 2 aromatic rings. The number of H-pyrrole nitrogens is 1. The molecule has 8 heteroatoms. The van der Waals surface area contributed by atoms with E-state index in [2.05, 4.69) is 10.3 Å². The molecule has 0 saturated heterocycles. The summed E-state index contributed by atoms with van der Waals surface area (Å²) in [5, 5.41) is 12.5. The largest absolute Gasteiger partial charge is 0.394 e. The van der Waals surface area contributed by atoms with Crippen molar-refractivity contribution < 1.29 is 23.1 Å². The third-order valence-electron chi connectivity index (χ3n) is 6.06. The molecule has 1 aliphatic carbocycles.